The van der Waals surface area contributed by atoms with Gasteiger partial charge in [0.2, 0.25) is 0 Å². The first-order chi connectivity index (χ1) is 3.73. The van der Waals surface area contributed by atoms with Crippen LogP contribution in [-0.2, 0) is 0 Å². The van der Waals surface area contributed by atoms with Crippen LogP contribution in [-0.4, -0.2) is 33.7 Å². The first-order valence-corrected chi connectivity index (χ1v) is 3.19. The van der Waals surface area contributed by atoms with E-state index in [2.05, 4.69) is 0 Å². The molecule has 0 spiro atoms. The quantitative estimate of drug-likeness (QED) is 0.165. The van der Waals surface area contributed by atoms with Gasteiger partial charge >= 0.3 is 38.6 Å². The van der Waals surface area contributed by atoms with Crippen LogP contribution >= 0.6 is 0 Å². The van der Waals surface area contributed by atoms with E-state index in [-0.39, 0.29) is 29.6 Å². The Balaban J connectivity index is -0.0000000910. The fourth-order valence-electron chi connectivity index (χ4n) is 0. The van der Waals surface area contributed by atoms with E-state index in [0.717, 1.165) is 0 Å². The van der Waals surface area contributed by atoms with Gasteiger partial charge in [-0.15, -0.1) is 10.1 Å². The summed E-state index contributed by atoms with van der Waals surface area (Å²) in [6, 6.07) is 0. The minimum atomic E-state index is -4.86. The van der Waals surface area contributed by atoms with E-state index in [9.17, 15) is 0 Å². The second kappa shape index (κ2) is 7.36. The number of rotatable bonds is 0. The molecule has 0 rings (SSSR count). The molecule has 0 aliphatic rings. The molecule has 0 amide bonds. The fourth-order valence-corrected chi connectivity index (χ4v) is 0. The van der Waals surface area contributed by atoms with Crippen LogP contribution in [0.1, 0.15) is 0 Å². The maximum Gasteiger partial charge on any atom is 1.00 e. The third-order valence-corrected chi connectivity index (χ3v) is 0. The maximum atomic E-state index is 8.91. The maximum absolute atomic E-state index is 8.91. The van der Waals surface area contributed by atoms with Gasteiger partial charge in [-0.1, -0.05) is 0 Å². The summed E-state index contributed by atoms with van der Waals surface area (Å²) in [5.41, 5.74) is 0. The van der Waals surface area contributed by atoms with Crippen molar-refractivity contribution in [1.82, 2.24) is 0 Å². The molecule has 0 saturated heterocycles. The van der Waals surface area contributed by atoms with Crippen molar-refractivity contribution in [2.45, 2.75) is 0 Å². The summed E-state index contributed by atoms with van der Waals surface area (Å²) in [6.07, 6.45) is 0. The molecule has 0 atom stereocenters. The van der Waals surface area contributed by atoms with Crippen molar-refractivity contribution in [3.05, 3.63) is 10.1 Å². The smallest absolute Gasteiger partial charge is 0.794 e. The fraction of sp³-hybridized carbons (Fsp3) is 0. The van der Waals surface area contributed by atoms with Gasteiger partial charge in [-0.3, -0.25) is 0 Å². The van der Waals surface area contributed by atoms with Gasteiger partial charge in [-0.05, 0) is 0 Å². The van der Waals surface area contributed by atoms with Gasteiger partial charge in [0.05, 0.1) is 0 Å². The molecule has 0 fully saturated rings. The van der Waals surface area contributed by atoms with Crippen molar-refractivity contribution in [3.63, 3.8) is 0 Å². The zero-order valence-corrected chi connectivity index (χ0v) is 7.96. The van der Waals surface area contributed by atoms with Gasteiger partial charge in [-0.25, -0.2) is 0 Å². The first kappa shape index (κ1) is 16.7. The molecule has 0 heterocycles. The third kappa shape index (κ3) is 6590. The van der Waals surface area contributed by atoms with E-state index >= 15 is 0 Å². The first-order valence-electron chi connectivity index (χ1n) is 1.44. The molecule has 0 aliphatic heterocycles. The van der Waals surface area contributed by atoms with E-state index in [1.165, 1.54) is 0 Å². The monoisotopic (exact) mass is 181 g/mol. The van der Waals surface area contributed by atoms with Gasteiger partial charge in [0.25, 0.3) is 5.09 Å². The van der Waals surface area contributed by atoms with Crippen LogP contribution < -0.4 is 34.4 Å². The summed E-state index contributed by atoms with van der Waals surface area (Å²) >= 11 is 0. The Morgan fingerprint density at radius 3 is 1.30 bits per heavy atom. The molecule has 0 saturated carbocycles. The van der Waals surface area contributed by atoms with E-state index in [4.69, 9.17) is 34.5 Å². The van der Waals surface area contributed by atoms with E-state index in [1.807, 2.05) is 0 Å². The van der Waals surface area contributed by atoms with Crippen LogP contribution in [0.5, 0.6) is 0 Å². The van der Waals surface area contributed by atoms with Gasteiger partial charge in [0.1, 0.15) is 0 Å². The number of hydrogen-bond donors (Lipinski definition) is 4. The van der Waals surface area contributed by atoms with Gasteiger partial charge in [-0.2, -0.15) is 0 Å². The minimum Gasteiger partial charge on any atom is -0.794 e. The predicted octanol–water partition coefficient (Wildman–Crippen LogP) is -6.58. The zero-order chi connectivity index (χ0) is 8.08. The molecule has 0 radical (unpaired) electrons. The zero-order valence-electron chi connectivity index (χ0n) is 4.96. The SMILES string of the molecule is O=[N+]([O-])O.[Na+].[O-][Si](O)(O)O. The van der Waals surface area contributed by atoms with Crippen LogP contribution in [0.15, 0.2) is 0 Å². The normalized spacial score (nSPS) is 8.40. The van der Waals surface area contributed by atoms with Crippen molar-refractivity contribution in [2.75, 3.05) is 0 Å². The molecule has 0 aromatic heterocycles. The van der Waals surface area contributed by atoms with Crippen molar-refractivity contribution >= 4 is 9.05 Å². The Morgan fingerprint density at radius 2 is 1.30 bits per heavy atom. The summed E-state index contributed by atoms with van der Waals surface area (Å²) in [6.45, 7) is 0. The van der Waals surface area contributed by atoms with Crippen molar-refractivity contribution in [3.8, 4) is 0 Å². The summed E-state index contributed by atoms with van der Waals surface area (Å²) in [5.74, 6) is 0. The van der Waals surface area contributed by atoms with Crippen molar-refractivity contribution in [2.24, 2.45) is 0 Å². The summed E-state index contributed by atoms with van der Waals surface area (Å²) in [7, 11) is -4.86. The minimum absolute atomic E-state index is 0. The van der Waals surface area contributed by atoms with Crippen LogP contribution in [0.3, 0.4) is 0 Å². The Morgan fingerprint density at radius 1 is 1.30 bits per heavy atom. The van der Waals surface area contributed by atoms with Crippen LogP contribution in [0, 0.1) is 10.1 Å². The molecule has 0 unspecified atom stereocenters. The van der Waals surface area contributed by atoms with Crippen LogP contribution in [0.2, 0.25) is 0 Å². The molecule has 0 bridgehead atoms. The summed E-state index contributed by atoms with van der Waals surface area (Å²) in [5, 5.41) is 13.6. The van der Waals surface area contributed by atoms with E-state index in [0.29, 0.717) is 0 Å². The standard InChI is InChI=1S/HNO3.Na.H3O4Si/c2-1(3)4;;1-5(2,3)4/h(H,2,3,4);;1-3H/q;+1;-1. The largest absolute Gasteiger partial charge is 1.00 e. The molecule has 10 heteroatoms. The summed E-state index contributed by atoms with van der Waals surface area (Å²) < 4.78 is 0. The Kier molecular flexibility index (Phi) is 12.3. The molecule has 56 valence electrons. The van der Waals surface area contributed by atoms with Crippen molar-refractivity contribution in [1.29, 1.82) is 0 Å². The molecule has 0 aromatic carbocycles. The second-order valence-corrected chi connectivity index (χ2v) is 1.96. The van der Waals surface area contributed by atoms with Crippen molar-refractivity contribution < 1.29 is 59.0 Å². The second-order valence-electron chi connectivity index (χ2n) is 0.812. The molecular weight excluding hydrogens is 177 g/mol. The number of hydrogen-bond acceptors (Lipinski definition) is 6. The van der Waals surface area contributed by atoms with Gasteiger partial charge in [0, 0.05) is 0 Å². The molecule has 4 N–H and O–H groups in total. The van der Waals surface area contributed by atoms with Gasteiger partial charge < -0.3 is 24.4 Å². The third-order valence-electron chi connectivity index (χ3n) is 0. The Labute approximate surface area is 78.2 Å². The Bertz CT molecular complexity index is 76.1. The topological polar surface area (TPSA) is 147 Å². The molecular formula is H4NNaO7Si. The average Bonchev–Trinajstić information content (AvgIpc) is 1.19. The molecule has 10 heavy (non-hydrogen) atoms. The summed E-state index contributed by atoms with van der Waals surface area (Å²) in [4.78, 5) is 38.9. The average molecular weight is 181 g/mol. The molecule has 0 aromatic rings. The van der Waals surface area contributed by atoms with E-state index < -0.39 is 14.1 Å². The molecule has 8 nitrogen and oxygen atoms in total. The van der Waals surface area contributed by atoms with Crippen LogP contribution in [0.25, 0.3) is 0 Å². The van der Waals surface area contributed by atoms with Crippen LogP contribution in [0.4, 0.5) is 0 Å². The number of nitrogens with zero attached hydrogens (tertiary/aromatic N) is 1. The van der Waals surface area contributed by atoms with E-state index in [1.54, 1.807) is 0 Å². The Hall–Kier alpha value is 0.257. The van der Waals surface area contributed by atoms with Gasteiger partial charge in [0.15, 0.2) is 0 Å². The molecule has 0 aliphatic carbocycles. The predicted molar refractivity (Wildman–Crippen MR) is 21.2 cm³/mol.